The van der Waals surface area contributed by atoms with Crippen molar-refractivity contribution in [1.29, 1.82) is 0 Å². The summed E-state index contributed by atoms with van der Waals surface area (Å²) in [7, 11) is 0. The molecule has 5 rings (SSSR count). The molecular weight excluding hydrogens is 348 g/mol. The second-order valence-corrected chi connectivity index (χ2v) is 6.39. The molecule has 0 radical (unpaired) electrons. The van der Waals surface area contributed by atoms with Gasteiger partial charge in [-0.15, -0.1) is 0 Å². The molecule has 0 aliphatic carbocycles. The molecular formula is C20H14N2O5. The van der Waals surface area contributed by atoms with Crippen LogP contribution in [0.25, 0.3) is 21.7 Å². The lowest BCUT2D eigenvalue weighted by molar-refractivity contribution is 0.174. The Balaban J connectivity index is 1.71. The summed E-state index contributed by atoms with van der Waals surface area (Å²) in [5.74, 6) is 1.10. The van der Waals surface area contributed by atoms with Crippen LogP contribution in [-0.4, -0.2) is 16.6 Å². The molecule has 0 fully saturated rings. The molecule has 0 amide bonds. The molecule has 0 N–H and O–H groups in total. The van der Waals surface area contributed by atoms with E-state index in [1.165, 1.54) is 10.7 Å². The van der Waals surface area contributed by atoms with Crippen LogP contribution in [0, 0.1) is 6.92 Å². The van der Waals surface area contributed by atoms with Crippen LogP contribution in [0.15, 0.2) is 56.5 Å². The zero-order valence-corrected chi connectivity index (χ0v) is 14.4. The Morgan fingerprint density at radius 1 is 1.00 bits per heavy atom. The van der Waals surface area contributed by atoms with Gasteiger partial charge in [0.1, 0.15) is 5.58 Å². The summed E-state index contributed by atoms with van der Waals surface area (Å²) >= 11 is 0. The van der Waals surface area contributed by atoms with E-state index in [4.69, 9.17) is 13.9 Å². The van der Waals surface area contributed by atoms with Gasteiger partial charge in [-0.2, -0.15) is 5.10 Å². The first kappa shape index (κ1) is 15.6. The van der Waals surface area contributed by atoms with Gasteiger partial charge >= 0.3 is 5.63 Å². The Bertz CT molecular complexity index is 1340. The summed E-state index contributed by atoms with van der Waals surface area (Å²) in [6, 6.07) is 12.1. The van der Waals surface area contributed by atoms with Gasteiger partial charge in [0, 0.05) is 22.9 Å². The fourth-order valence-corrected chi connectivity index (χ4v) is 3.42. The van der Waals surface area contributed by atoms with Gasteiger partial charge in [-0.3, -0.25) is 4.79 Å². The molecule has 0 bridgehead atoms. The van der Waals surface area contributed by atoms with Gasteiger partial charge in [-0.1, -0.05) is 18.2 Å². The second kappa shape index (κ2) is 5.70. The van der Waals surface area contributed by atoms with Crippen LogP contribution < -0.4 is 20.7 Å². The molecule has 0 unspecified atom stereocenters. The monoisotopic (exact) mass is 362 g/mol. The summed E-state index contributed by atoms with van der Waals surface area (Å²) in [5.41, 5.74) is 1.05. The minimum atomic E-state index is -0.498. The molecule has 27 heavy (non-hydrogen) atoms. The SMILES string of the molecule is Cc1nn(Cc2cc(=O)oc3cc4c(cc23)OCO4)c(=O)c2ccccc12. The lowest BCUT2D eigenvalue weighted by Crippen LogP contribution is -2.25. The number of hydrogen-bond acceptors (Lipinski definition) is 6. The molecule has 0 atom stereocenters. The van der Waals surface area contributed by atoms with Crippen molar-refractivity contribution in [3.05, 3.63) is 74.5 Å². The molecule has 1 aliphatic rings. The molecule has 7 heteroatoms. The predicted molar refractivity (Wildman–Crippen MR) is 98.4 cm³/mol. The molecule has 2 aromatic carbocycles. The number of benzene rings is 2. The zero-order valence-electron chi connectivity index (χ0n) is 14.4. The highest BCUT2D eigenvalue weighted by atomic mass is 16.7. The maximum Gasteiger partial charge on any atom is 0.336 e. The van der Waals surface area contributed by atoms with E-state index in [2.05, 4.69) is 5.10 Å². The quantitative estimate of drug-likeness (QED) is 0.510. The van der Waals surface area contributed by atoms with Gasteiger partial charge < -0.3 is 13.9 Å². The minimum absolute atomic E-state index is 0.121. The van der Waals surface area contributed by atoms with Gasteiger partial charge in [0.2, 0.25) is 6.79 Å². The predicted octanol–water partition coefficient (Wildman–Crippen LogP) is 2.59. The van der Waals surface area contributed by atoms with E-state index in [1.807, 2.05) is 25.1 Å². The average Bonchev–Trinajstić information content (AvgIpc) is 3.11. The van der Waals surface area contributed by atoms with Crippen LogP contribution in [0.1, 0.15) is 11.3 Å². The molecule has 134 valence electrons. The molecule has 4 aromatic rings. The molecule has 0 saturated heterocycles. The minimum Gasteiger partial charge on any atom is -0.454 e. The van der Waals surface area contributed by atoms with Crippen LogP contribution >= 0.6 is 0 Å². The molecule has 7 nitrogen and oxygen atoms in total. The Morgan fingerprint density at radius 2 is 1.74 bits per heavy atom. The summed E-state index contributed by atoms with van der Waals surface area (Å²) in [5, 5.41) is 6.51. The van der Waals surface area contributed by atoms with E-state index < -0.39 is 5.63 Å². The highest BCUT2D eigenvalue weighted by Crippen LogP contribution is 2.36. The van der Waals surface area contributed by atoms with Crippen molar-refractivity contribution in [1.82, 2.24) is 9.78 Å². The van der Waals surface area contributed by atoms with Crippen molar-refractivity contribution in [3.63, 3.8) is 0 Å². The standard InChI is InChI=1S/C20H14N2O5/c1-11-13-4-2-3-5-14(13)20(24)22(21-11)9-12-6-19(23)27-16-8-18-17(7-15(12)16)25-10-26-18/h2-8H,9-10H2,1H3. The van der Waals surface area contributed by atoms with Gasteiger partial charge in [-0.25, -0.2) is 9.48 Å². The van der Waals surface area contributed by atoms with E-state index in [0.717, 1.165) is 11.1 Å². The largest absolute Gasteiger partial charge is 0.454 e. The van der Waals surface area contributed by atoms with Crippen molar-refractivity contribution in [2.24, 2.45) is 0 Å². The molecule has 0 spiro atoms. The Labute approximate surface area is 152 Å². The highest BCUT2D eigenvalue weighted by molar-refractivity contribution is 5.85. The number of aromatic nitrogens is 2. The third-order valence-electron chi connectivity index (χ3n) is 4.70. The Kier molecular flexibility index (Phi) is 3.30. The van der Waals surface area contributed by atoms with Crippen LogP contribution in [0.2, 0.25) is 0 Å². The van der Waals surface area contributed by atoms with E-state index in [9.17, 15) is 9.59 Å². The fraction of sp³-hybridized carbons (Fsp3) is 0.150. The maximum atomic E-state index is 12.8. The van der Waals surface area contributed by atoms with E-state index in [-0.39, 0.29) is 18.9 Å². The van der Waals surface area contributed by atoms with Crippen molar-refractivity contribution in [3.8, 4) is 11.5 Å². The lowest BCUT2D eigenvalue weighted by atomic mass is 10.1. The van der Waals surface area contributed by atoms with Crippen LogP contribution in [0.4, 0.5) is 0 Å². The molecule has 2 aromatic heterocycles. The number of rotatable bonds is 2. The van der Waals surface area contributed by atoms with Crippen molar-refractivity contribution < 1.29 is 13.9 Å². The highest BCUT2D eigenvalue weighted by Gasteiger charge is 2.18. The number of ether oxygens (including phenoxy) is 2. The van der Waals surface area contributed by atoms with Gasteiger partial charge in [-0.05, 0) is 24.6 Å². The van der Waals surface area contributed by atoms with Crippen molar-refractivity contribution in [2.75, 3.05) is 6.79 Å². The van der Waals surface area contributed by atoms with E-state index >= 15 is 0 Å². The maximum absolute atomic E-state index is 12.8. The Hall–Kier alpha value is -3.61. The number of hydrogen-bond donors (Lipinski definition) is 0. The molecule has 3 heterocycles. The molecule has 1 aliphatic heterocycles. The summed E-state index contributed by atoms with van der Waals surface area (Å²) in [4.78, 5) is 24.9. The zero-order chi connectivity index (χ0) is 18.5. The first-order valence-electron chi connectivity index (χ1n) is 8.43. The average molecular weight is 362 g/mol. The van der Waals surface area contributed by atoms with Gasteiger partial charge in [0.05, 0.1) is 17.6 Å². The number of nitrogens with zero attached hydrogens (tertiary/aromatic N) is 2. The normalized spacial score (nSPS) is 12.8. The van der Waals surface area contributed by atoms with Crippen LogP contribution in [-0.2, 0) is 6.54 Å². The molecule has 0 saturated carbocycles. The summed E-state index contributed by atoms with van der Waals surface area (Å²) < 4.78 is 17.4. The van der Waals surface area contributed by atoms with Crippen LogP contribution in [0.5, 0.6) is 11.5 Å². The van der Waals surface area contributed by atoms with E-state index in [1.54, 1.807) is 18.2 Å². The number of fused-ring (bicyclic) bond motifs is 3. The van der Waals surface area contributed by atoms with Gasteiger partial charge in [0.15, 0.2) is 11.5 Å². The summed E-state index contributed by atoms with van der Waals surface area (Å²) in [6.07, 6.45) is 0. The second-order valence-electron chi connectivity index (χ2n) is 6.39. The van der Waals surface area contributed by atoms with Gasteiger partial charge in [0.25, 0.3) is 5.56 Å². The van der Waals surface area contributed by atoms with Crippen molar-refractivity contribution in [2.45, 2.75) is 13.5 Å². The Morgan fingerprint density at radius 3 is 2.56 bits per heavy atom. The third kappa shape index (κ3) is 2.47. The van der Waals surface area contributed by atoms with Crippen molar-refractivity contribution >= 4 is 21.7 Å². The summed E-state index contributed by atoms with van der Waals surface area (Å²) in [6.45, 7) is 2.12. The fourth-order valence-electron chi connectivity index (χ4n) is 3.42. The van der Waals surface area contributed by atoms with E-state index in [0.29, 0.717) is 33.4 Å². The first-order valence-corrected chi connectivity index (χ1v) is 8.43. The number of aryl methyl sites for hydroxylation is 1. The van der Waals surface area contributed by atoms with Crippen LogP contribution in [0.3, 0.4) is 0 Å². The lowest BCUT2D eigenvalue weighted by Gasteiger charge is -2.10. The smallest absolute Gasteiger partial charge is 0.336 e. The first-order chi connectivity index (χ1) is 13.1. The third-order valence-corrected chi connectivity index (χ3v) is 4.70. The topological polar surface area (TPSA) is 83.6 Å².